The van der Waals surface area contributed by atoms with Gasteiger partial charge in [-0.3, -0.25) is 4.68 Å². The van der Waals surface area contributed by atoms with E-state index in [1.807, 2.05) is 29.1 Å². The molecule has 2 N–H and O–H groups in total. The lowest BCUT2D eigenvalue weighted by atomic mass is 10.0. The van der Waals surface area contributed by atoms with Crippen molar-refractivity contribution in [1.82, 2.24) is 9.78 Å². The van der Waals surface area contributed by atoms with Gasteiger partial charge in [-0.25, -0.2) is 0 Å². The van der Waals surface area contributed by atoms with Gasteiger partial charge >= 0.3 is 0 Å². The Labute approximate surface area is 99.6 Å². The quantitative estimate of drug-likeness (QED) is 0.816. The summed E-state index contributed by atoms with van der Waals surface area (Å²) in [5.41, 5.74) is 7.78. The first kappa shape index (κ1) is 10.2. The molecule has 0 saturated heterocycles. The zero-order valence-corrected chi connectivity index (χ0v) is 9.56. The summed E-state index contributed by atoms with van der Waals surface area (Å²) in [6, 6.07) is 8.10. The Morgan fingerprint density at radius 1 is 1.47 bits per heavy atom. The lowest BCUT2D eigenvalue weighted by Gasteiger charge is -2.11. The molecule has 4 heteroatoms. The van der Waals surface area contributed by atoms with E-state index < -0.39 is 0 Å². The molecule has 1 aromatic heterocycles. The van der Waals surface area contributed by atoms with Crippen LogP contribution in [0.4, 0.5) is 5.69 Å². The van der Waals surface area contributed by atoms with Gasteiger partial charge in [-0.2, -0.15) is 10.4 Å². The van der Waals surface area contributed by atoms with Crippen LogP contribution in [0.3, 0.4) is 0 Å². The Bertz CT molecular complexity index is 601. The number of nitrogen functional groups attached to an aromatic ring is 1. The van der Waals surface area contributed by atoms with Crippen molar-refractivity contribution in [3.63, 3.8) is 0 Å². The lowest BCUT2D eigenvalue weighted by Crippen LogP contribution is -2.12. The van der Waals surface area contributed by atoms with Crippen molar-refractivity contribution in [3.05, 3.63) is 24.4 Å². The second-order valence-electron chi connectivity index (χ2n) is 4.96. The smallest absolute Gasteiger partial charge is 0.0703 e. The van der Waals surface area contributed by atoms with Gasteiger partial charge in [0.25, 0.3) is 0 Å². The second kappa shape index (κ2) is 3.49. The van der Waals surface area contributed by atoms with E-state index in [0.717, 1.165) is 36.0 Å². The molecule has 1 fully saturated rings. The Hall–Kier alpha value is -2.02. The zero-order chi connectivity index (χ0) is 11.9. The summed E-state index contributed by atoms with van der Waals surface area (Å²) < 4.78 is 1.98. The summed E-state index contributed by atoms with van der Waals surface area (Å²) in [4.78, 5) is 0. The number of nitriles is 1. The van der Waals surface area contributed by atoms with Gasteiger partial charge in [0.2, 0.25) is 0 Å². The van der Waals surface area contributed by atoms with E-state index in [9.17, 15) is 0 Å². The topological polar surface area (TPSA) is 67.6 Å². The van der Waals surface area contributed by atoms with E-state index in [1.54, 1.807) is 0 Å². The fourth-order valence-electron chi connectivity index (χ4n) is 2.27. The maximum absolute atomic E-state index is 8.83. The molecule has 4 nitrogen and oxygen atoms in total. The molecule has 1 aliphatic rings. The third kappa shape index (κ3) is 1.74. The highest BCUT2D eigenvalue weighted by atomic mass is 15.3. The number of nitrogens with zero attached hydrogens (tertiary/aromatic N) is 3. The molecular formula is C13H14N4. The van der Waals surface area contributed by atoms with Gasteiger partial charge in [0.05, 0.1) is 17.8 Å². The van der Waals surface area contributed by atoms with Crippen molar-refractivity contribution in [2.24, 2.45) is 5.41 Å². The van der Waals surface area contributed by atoms with Gasteiger partial charge in [0, 0.05) is 29.5 Å². The van der Waals surface area contributed by atoms with Crippen LogP contribution >= 0.6 is 0 Å². The maximum Gasteiger partial charge on any atom is 0.0703 e. The number of anilines is 1. The number of nitrogens with two attached hydrogens (primary N) is 1. The molecule has 3 rings (SSSR count). The minimum absolute atomic E-state index is 0.165. The SMILES string of the molecule is N#CCC1(Cn2ncc3ccc(N)cc32)CC1. The summed E-state index contributed by atoms with van der Waals surface area (Å²) in [5, 5.41) is 14.3. The fraction of sp³-hybridized carbons (Fsp3) is 0.385. The largest absolute Gasteiger partial charge is 0.399 e. The molecule has 2 aromatic rings. The fourth-order valence-corrected chi connectivity index (χ4v) is 2.27. The molecule has 1 aliphatic carbocycles. The van der Waals surface area contributed by atoms with Crippen LogP contribution < -0.4 is 5.73 Å². The number of fused-ring (bicyclic) bond motifs is 1. The minimum Gasteiger partial charge on any atom is -0.399 e. The minimum atomic E-state index is 0.165. The number of hydrogen-bond donors (Lipinski definition) is 1. The average Bonchev–Trinajstić information content (AvgIpc) is 2.95. The predicted molar refractivity (Wildman–Crippen MR) is 66.0 cm³/mol. The van der Waals surface area contributed by atoms with E-state index in [2.05, 4.69) is 11.2 Å². The Kier molecular flexibility index (Phi) is 2.08. The van der Waals surface area contributed by atoms with Crippen molar-refractivity contribution in [1.29, 1.82) is 5.26 Å². The summed E-state index contributed by atoms with van der Waals surface area (Å²) in [6.45, 7) is 0.827. The van der Waals surface area contributed by atoms with Crippen LogP contribution in [0.1, 0.15) is 19.3 Å². The first-order chi connectivity index (χ1) is 8.22. The normalized spacial score (nSPS) is 16.9. The highest BCUT2D eigenvalue weighted by molar-refractivity contribution is 5.81. The van der Waals surface area contributed by atoms with Crippen LogP contribution in [-0.2, 0) is 6.54 Å². The predicted octanol–water partition coefficient (Wildman–Crippen LogP) is 2.31. The van der Waals surface area contributed by atoms with Crippen LogP contribution in [0.25, 0.3) is 10.9 Å². The second-order valence-corrected chi connectivity index (χ2v) is 4.96. The van der Waals surface area contributed by atoms with E-state index >= 15 is 0 Å². The van der Waals surface area contributed by atoms with E-state index in [1.165, 1.54) is 0 Å². The number of hydrogen-bond acceptors (Lipinski definition) is 3. The van der Waals surface area contributed by atoms with E-state index in [-0.39, 0.29) is 5.41 Å². The molecule has 0 aliphatic heterocycles. The molecule has 0 amide bonds. The number of benzene rings is 1. The molecular weight excluding hydrogens is 212 g/mol. The van der Waals surface area contributed by atoms with Crippen LogP contribution in [-0.4, -0.2) is 9.78 Å². The molecule has 0 unspecified atom stereocenters. The van der Waals surface area contributed by atoms with Crippen LogP contribution in [0.5, 0.6) is 0 Å². The molecule has 17 heavy (non-hydrogen) atoms. The summed E-state index contributed by atoms with van der Waals surface area (Å²) >= 11 is 0. The Balaban J connectivity index is 1.96. The maximum atomic E-state index is 8.83. The highest BCUT2D eigenvalue weighted by Crippen LogP contribution is 2.50. The first-order valence-corrected chi connectivity index (χ1v) is 5.80. The van der Waals surface area contributed by atoms with Gasteiger partial charge in [-0.15, -0.1) is 0 Å². The monoisotopic (exact) mass is 226 g/mol. The summed E-state index contributed by atoms with van der Waals surface area (Å²) in [7, 11) is 0. The first-order valence-electron chi connectivity index (χ1n) is 5.80. The van der Waals surface area contributed by atoms with Gasteiger partial charge in [0.1, 0.15) is 0 Å². The molecule has 0 atom stereocenters. The van der Waals surface area contributed by atoms with Crippen molar-refractivity contribution in [3.8, 4) is 6.07 Å². The average molecular weight is 226 g/mol. The third-order valence-corrected chi connectivity index (χ3v) is 3.57. The summed E-state index contributed by atoms with van der Waals surface area (Å²) in [6.07, 6.45) is 4.74. The highest BCUT2D eigenvalue weighted by Gasteiger charge is 2.43. The molecule has 1 aromatic carbocycles. The van der Waals surface area contributed by atoms with Gasteiger partial charge < -0.3 is 5.73 Å². The standard InChI is InChI=1S/C13H14N4/c14-6-5-13(3-4-13)9-17-12-7-11(15)2-1-10(12)8-16-17/h1-2,7-8H,3-5,9,15H2. The third-order valence-electron chi connectivity index (χ3n) is 3.57. The van der Waals surface area contributed by atoms with Gasteiger partial charge in [0.15, 0.2) is 0 Å². The van der Waals surface area contributed by atoms with Crippen molar-refractivity contribution in [2.45, 2.75) is 25.8 Å². The molecule has 86 valence electrons. The number of aromatic nitrogens is 2. The molecule has 1 heterocycles. The zero-order valence-electron chi connectivity index (χ0n) is 9.56. The molecule has 0 bridgehead atoms. The summed E-state index contributed by atoms with van der Waals surface area (Å²) in [5.74, 6) is 0. The van der Waals surface area contributed by atoms with Crippen molar-refractivity contribution < 1.29 is 0 Å². The Morgan fingerprint density at radius 2 is 2.29 bits per heavy atom. The lowest BCUT2D eigenvalue weighted by molar-refractivity contribution is 0.413. The van der Waals surface area contributed by atoms with E-state index in [0.29, 0.717) is 6.42 Å². The van der Waals surface area contributed by atoms with Crippen LogP contribution in [0, 0.1) is 16.7 Å². The Morgan fingerprint density at radius 3 is 3.00 bits per heavy atom. The number of rotatable bonds is 3. The molecule has 0 radical (unpaired) electrons. The molecule has 1 saturated carbocycles. The van der Waals surface area contributed by atoms with Gasteiger partial charge in [-0.1, -0.05) is 0 Å². The van der Waals surface area contributed by atoms with E-state index in [4.69, 9.17) is 11.0 Å². The van der Waals surface area contributed by atoms with Crippen LogP contribution in [0.15, 0.2) is 24.4 Å². The van der Waals surface area contributed by atoms with Crippen molar-refractivity contribution in [2.75, 3.05) is 5.73 Å². The van der Waals surface area contributed by atoms with Crippen LogP contribution in [0.2, 0.25) is 0 Å². The molecule has 0 spiro atoms. The van der Waals surface area contributed by atoms with Crippen molar-refractivity contribution >= 4 is 16.6 Å². The van der Waals surface area contributed by atoms with Gasteiger partial charge in [-0.05, 0) is 31.0 Å².